The molecule has 1 N–H and O–H groups in total. The minimum Gasteiger partial charge on any atom is -0.494 e. The summed E-state index contributed by atoms with van der Waals surface area (Å²) in [6.07, 6.45) is 0.0605. The van der Waals surface area contributed by atoms with Crippen molar-refractivity contribution in [1.82, 2.24) is 4.98 Å². The molecule has 0 aliphatic carbocycles. The van der Waals surface area contributed by atoms with Gasteiger partial charge in [0.1, 0.15) is 5.52 Å². The number of benzene rings is 2. The molecule has 0 spiro atoms. The van der Waals surface area contributed by atoms with E-state index in [4.69, 9.17) is 9.15 Å². The van der Waals surface area contributed by atoms with E-state index in [0.29, 0.717) is 28.2 Å². The number of carbonyl (C=O) groups excluding carboxylic acids is 1. The maximum Gasteiger partial charge on any atom is 0.228 e. The summed E-state index contributed by atoms with van der Waals surface area (Å²) >= 11 is 0. The number of carbonyl (C=O) groups is 1. The van der Waals surface area contributed by atoms with E-state index in [2.05, 4.69) is 10.3 Å². The van der Waals surface area contributed by atoms with E-state index in [9.17, 15) is 9.18 Å². The second kappa shape index (κ2) is 6.78. The summed E-state index contributed by atoms with van der Waals surface area (Å²) in [6.45, 7) is 6.07. The highest BCUT2D eigenvalue weighted by Gasteiger charge is 2.21. The molecule has 0 radical (unpaired) electrons. The van der Waals surface area contributed by atoms with Crippen LogP contribution in [-0.4, -0.2) is 18.0 Å². The van der Waals surface area contributed by atoms with Gasteiger partial charge in [-0.2, -0.15) is 0 Å². The van der Waals surface area contributed by atoms with E-state index < -0.39 is 5.82 Å². The van der Waals surface area contributed by atoms with Crippen molar-refractivity contribution in [2.45, 2.75) is 32.6 Å². The normalized spacial score (nSPS) is 11.6. The number of fused-ring (bicyclic) bond motifs is 1. The highest BCUT2D eigenvalue weighted by atomic mass is 19.1. The molecule has 3 rings (SSSR count). The molecular formula is C20H21FN2O3. The number of methoxy groups -OCH3 is 1. The fraction of sp³-hybridized carbons (Fsp3) is 0.300. The molecule has 0 unspecified atom stereocenters. The van der Waals surface area contributed by atoms with Crippen molar-refractivity contribution < 1.29 is 18.3 Å². The molecule has 1 amide bonds. The van der Waals surface area contributed by atoms with E-state index in [1.807, 2.05) is 20.8 Å². The molecule has 0 saturated carbocycles. The molecule has 2 aromatic carbocycles. The first-order valence-electron chi connectivity index (χ1n) is 8.29. The first-order chi connectivity index (χ1) is 12.3. The molecule has 0 bridgehead atoms. The number of nitrogens with one attached hydrogen (secondary N) is 1. The Kier molecular flexibility index (Phi) is 4.68. The smallest absolute Gasteiger partial charge is 0.228 e. The zero-order chi connectivity index (χ0) is 18.9. The molecule has 5 nitrogen and oxygen atoms in total. The third-order valence-electron chi connectivity index (χ3n) is 3.89. The van der Waals surface area contributed by atoms with Gasteiger partial charge in [-0.15, -0.1) is 0 Å². The van der Waals surface area contributed by atoms with Crippen molar-refractivity contribution in [1.29, 1.82) is 0 Å². The number of nitrogens with zero attached hydrogens (tertiary/aromatic N) is 1. The zero-order valence-electron chi connectivity index (χ0n) is 15.2. The van der Waals surface area contributed by atoms with Crippen LogP contribution in [0.5, 0.6) is 5.75 Å². The zero-order valence-corrected chi connectivity index (χ0v) is 15.2. The molecular weight excluding hydrogens is 335 g/mol. The van der Waals surface area contributed by atoms with Crippen LogP contribution in [-0.2, 0) is 16.6 Å². The number of hydrogen-bond donors (Lipinski definition) is 1. The summed E-state index contributed by atoms with van der Waals surface area (Å²) in [5.74, 6) is 0.0648. The number of ether oxygens (including phenoxy) is 1. The van der Waals surface area contributed by atoms with Crippen molar-refractivity contribution in [3.05, 3.63) is 53.7 Å². The minimum atomic E-state index is -0.489. The molecule has 136 valence electrons. The maximum absolute atomic E-state index is 13.7. The summed E-state index contributed by atoms with van der Waals surface area (Å²) in [7, 11) is 1.40. The Labute approximate surface area is 151 Å². The number of aromatic nitrogens is 1. The minimum absolute atomic E-state index is 0.0605. The SMILES string of the molecule is COc1ccc(CC(=O)Nc2ccc3oc(C(C)(C)C)nc3c2)cc1F. The van der Waals surface area contributed by atoms with Crippen LogP contribution in [0.1, 0.15) is 32.2 Å². The van der Waals surface area contributed by atoms with Crippen LogP contribution in [0.25, 0.3) is 11.1 Å². The standard InChI is InChI=1S/C20H21FN2O3/c1-20(2,3)19-23-15-11-13(6-8-17(15)26-19)22-18(24)10-12-5-7-16(25-4)14(21)9-12/h5-9,11H,10H2,1-4H3,(H,22,24). The Morgan fingerprint density at radius 3 is 2.65 bits per heavy atom. The molecule has 1 aromatic heterocycles. The largest absolute Gasteiger partial charge is 0.494 e. The summed E-state index contributed by atoms with van der Waals surface area (Å²) in [6, 6.07) is 9.77. The molecule has 0 aliphatic rings. The predicted octanol–water partition coefficient (Wildman–Crippen LogP) is 4.45. The number of anilines is 1. The van der Waals surface area contributed by atoms with Crippen molar-refractivity contribution >= 4 is 22.7 Å². The summed E-state index contributed by atoms with van der Waals surface area (Å²) in [4.78, 5) is 16.7. The Morgan fingerprint density at radius 1 is 1.23 bits per heavy atom. The molecule has 26 heavy (non-hydrogen) atoms. The fourth-order valence-electron chi connectivity index (χ4n) is 2.54. The Hall–Kier alpha value is -2.89. The van der Waals surface area contributed by atoms with Gasteiger partial charge in [0, 0.05) is 11.1 Å². The highest BCUT2D eigenvalue weighted by Crippen LogP contribution is 2.27. The number of rotatable bonds is 4. The van der Waals surface area contributed by atoms with Crippen LogP contribution in [0.15, 0.2) is 40.8 Å². The Bertz CT molecular complexity index is 957. The first kappa shape index (κ1) is 17.9. The van der Waals surface area contributed by atoms with Crippen molar-refractivity contribution in [2.24, 2.45) is 0 Å². The van der Waals surface area contributed by atoms with Crippen molar-refractivity contribution in [2.75, 3.05) is 12.4 Å². The summed E-state index contributed by atoms with van der Waals surface area (Å²) in [5.41, 5.74) is 2.35. The topological polar surface area (TPSA) is 64.4 Å². The molecule has 3 aromatic rings. The number of halogens is 1. The molecule has 0 saturated heterocycles. The first-order valence-corrected chi connectivity index (χ1v) is 8.29. The van der Waals surface area contributed by atoms with Gasteiger partial charge in [0.05, 0.1) is 13.5 Å². The van der Waals surface area contributed by atoms with Crippen LogP contribution >= 0.6 is 0 Å². The third kappa shape index (κ3) is 3.85. The Balaban J connectivity index is 1.73. The van der Waals surface area contributed by atoms with Gasteiger partial charge in [-0.3, -0.25) is 4.79 Å². The predicted molar refractivity (Wildman–Crippen MR) is 98.0 cm³/mol. The lowest BCUT2D eigenvalue weighted by Gasteiger charge is -2.11. The van der Waals surface area contributed by atoms with Gasteiger partial charge in [0.25, 0.3) is 0 Å². The van der Waals surface area contributed by atoms with E-state index in [1.165, 1.54) is 19.2 Å². The summed E-state index contributed by atoms with van der Waals surface area (Å²) < 4.78 is 24.3. The maximum atomic E-state index is 13.7. The van der Waals surface area contributed by atoms with Crippen molar-refractivity contribution in [3.8, 4) is 5.75 Å². The monoisotopic (exact) mass is 356 g/mol. The van der Waals surface area contributed by atoms with Crippen LogP contribution in [0.2, 0.25) is 0 Å². The molecule has 0 aliphatic heterocycles. The van der Waals surface area contributed by atoms with E-state index in [0.717, 1.165) is 0 Å². The van der Waals surface area contributed by atoms with Crippen LogP contribution in [0.4, 0.5) is 10.1 Å². The molecule has 0 fully saturated rings. The van der Waals surface area contributed by atoms with Gasteiger partial charge in [-0.25, -0.2) is 9.37 Å². The van der Waals surface area contributed by atoms with Gasteiger partial charge in [0.15, 0.2) is 17.1 Å². The third-order valence-corrected chi connectivity index (χ3v) is 3.89. The molecule has 6 heteroatoms. The second-order valence-electron chi connectivity index (χ2n) is 7.15. The van der Waals surface area contributed by atoms with Gasteiger partial charge < -0.3 is 14.5 Å². The Morgan fingerprint density at radius 2 is 2.00 bits per heavy atom. The fourth-order valence-corrected chi connectivity index (χ4v) is 2.54. The van der Waals surface area contributed by atoms with E-state index in [1.54, 1.807) is 24.3 Å². The van der Waals surface area contributed by atoms with Gasteiger partial charge in [-0.05, 0) is 35.9 Å². The lowest BCUT2D eigenvalue weighted by atomic mass is 9.97. The van der Waals surface area contributed by atoms with Crippen molar-refractivity contribution in [3.63, 3.8) is 0 Å². The quantitative estimate of drug-likeness (QED) is 0.750. The van der Waals surface area contributed by atoms with Crippen LogP contribution in [0.3, 0.4) is 0 Å². The summed E-state index contributed by atoms with van der Waals surface area (Å²) in [5, 5.41) is 2.80. The average molecular weight is 356 g/mol. The average Bonchev–Trinajstić information content (AvgIpc) is 2.98. The van der Waals surface area contributed by atoms with E-state index >= 15 is 0 Å². The van der Waals surface area contributed by atoms with Gasteiger partial charge in [-0.1, -0.05) is 26.8 Å². The van der Waals surface area contributed by atoms with E-state index in [-0.39, 0.29) is 23.5 Å². The van der Waals surface area contributed by atoms with Crippen LogP contribution < -0.4 is 10.1 Å². The molecule has 0 atom stereocenters. The lowest BCUT2D eigenvalue weighted by molar-refractivity contribution is -0.115. The van der Waals surface area contributed by atoms with Gasteiger partial charge >= 0.3 is 0 Å². The molecule has 1 heterocycles. The number of amides is 1. The number of hydrogen-bond acceptors (Lipinski definition) is 4. The lowest BCUT2D eigenvalue weighted by Crippen LogP contribution is -2.14. The number of oxazole rings is 1. The van der Waals surface area contributed by atoms with Gasteiger partial charge in [0.2, 0.25) is 11.8 Å². The highest BCUT2D eigenvalue weighted by molar-refractivity contribution is 5.94. The van der Waals surface area contributed by atoms with Crippen LogP contribution in [0, 0.1) is 5.82 Å². The second-order valence-corrected chi connectivity index (χ2v) is 7.15.